The highest BCUT2D eigenvalue weighted by atomic mass is 28.4. The van der Waals surface area contributed by atoms with Gasteiger partial charge in [0.15, 0.2) is 6.29 Å². The third-order valence-corrected chi connectivity index (χ3v) is 11.8. The smallest absolute Gasteiger partial charge is 0.261 e. The Morgan fingerprint density at radius 1 is 0.714 bits per heavy atom. The Morgan fingerprint density at radius 2 is 1.26 bits per heavy atom. The second-order valence-electron chi connectivity index (χ2n) is 10.2. The van der Waals surface area contributed by atoms with Crippen molar-refractivity contribution in [3.8, 4) is 0 Å². The first-order valence-corrected chi connectivity index (χ1v) is 14.7. The fraction of sp³-hybridized carbons (Fsp3) is 0.419. The van der Waals surface area contributed by atoms with E-state index in [0.29, 0.717) is 0 Å². The van der Waals surface area contributed by atoms with Gasteiger partial charge in [-0.1, -0.05) is 126 Å². The zero-order chi connectivity index (χ0) is 25.3. The quantitative estimate of drug-likeness (QED) is 0.153. The minimum Gasteiger partial charge on any atom is -0.400 e. The van der Waals surface area contributed by atoms with Crippen molar-refractivity contribution in [1.82, 2.24) is 0 Å². The molecule has 0 saturated carbocycles. The molecule has 0 N–H and O–H groups in total. The van der Waals surface area contributed by atoms with E-state index in [1.54, 1.807) is 14.2 Å². The van der Waals surface area contributed by atoms with Gasteiger partial charge in [-0.25, -0.2) is 0 Å². The summed E-state index contributed by atoms with van der Waals surface area (Å²) in [6, 6.07) is 30.3. The van der Waals surface area contributed by atoms with Crippen LogP contribution in [0.15, 0.2) is 84.9 Å². The van der Waals surface area contributed by atoms with E-state index < -0.39 is 8.32 Å². The molecule has 0 fully saturated rings. The molecular formula is C31H42O3Si. The molecule has 0 radical (unpaired) electrons. The monoisotopic (exact) mass is 490 g/mol. The van der Waals surface area contributed by atoms with Gasteiger partial charge in [0.25, 0.3) is 8.32 Å². The predicted molar refractivity (Wildman–Crippen MR) is 149 cm³/mol. The number of rotatable bonds is 12. The molecule has 0 aliphatic rings. The molecule has 0 amide bonds. The summed E-state index contributed by atoms with van der Waals surface area (Å²) in [5, 5.41) is 2.54. The van der Waals surface area contributed by atoms with Crippen LogP contribution in [-0.2, 0) is 13.9 Å². The number of hydrogen-bond donors (Lipinski definition) is 0. The van der Waals surface area contributed by atoms with Crippen molar-refractivity contribution >= 4 is 18.7 Å². The van der Waals surface area contributed by atoms with E-state index in [1.807, 2.05) is 0 Å². The van der Waals surface area contributed by atoms with Crippen LogP contribution in [0.1, 0.15) is 76.9 Å². The van der Waals surface area contributed by atoms with Crippen LogP contribution in [0.25, 0.3) is 0 Å². The number of ether oxygens (including phenoxy) is 2. The fourth-order valence-corrected chi connectivity index (χ4v) is 9.75. The molecule has 0 aromatic heterocycles. The van der Waals surface area contributed by atoms with Crippen molar-refractivity contribution in [2.45, 2.75) is 70.8 Å². The van der Waals surface area contributed by atoms with Crippen LogP contribution in [0.4, 0.5) is 0 Å². The Balaban J connectivity index is 2.17. The Bertz CT molecular complexity index is 971. The van der Waals surface area contributed by atoms with Crippen molar-refractivity contribution in [2.24, 2.45) is 0 Å². The lowest BCUT2D eigenvalue weighted by Gasteiger charge is -2.45. The minimum absolute atomic E-state index is 0.0258. The van der Waals surface area contributed by atoms with Crippen LogP contribution in [0.2, 0.25) is 5.04 Å². The van der Waals surface area contributed by atoms with Crippen molar-refractivity contribution in [3.05, 3.63) is 96.1 Å². The van der Waals surface area contributed by atoms with Gasteiger partial charge in [-0.05, 0) is 33.5 Å². The summed E-state index contributed by atoms with van der Waals surface area (Å²) in [7, 11) is 0.679. The van der Waals surface area contributed by atoms with E-state index in [1.165, 1.54) is 28.8 Å². The molecule has 0 aliphatic carbocycles. The second-order valence-corrected chi connectivity index (χ2v) is 14.5. The lowest BCUT2D eigenvalue weighted by atomic mass is 10.0. The zero-order valence-corrected chi connectivity index (χ0v) is 23.3. The summed E-state index contributed by atoms with van der Waals surface area (Å²) in [5.41, 5.74) is 2.20. The fourth-order valence-electron chi connectivity index (χ4n) is 5.05. The van der Waals surface area contributed by atoms with Crippen LogP contribution in [-0.4, -0.2) is 22.5 Å². The van der Waals surface area contributed by atoms with Crippen LogP contribution < -0.4 is 10.4 Å². The van der Waals surface area contributed by atoms with Crippen LogP contribution in [0.5, 0.6) is 0 Å². The molecule has 35 heavy (non-hydrogen) atoms. The second kappa shape index (κ2) is 12.6. The van der Waals surface area contributed by atoms with Gasteiger partial charge < -0.3 is 13.9 Å². The average molecular weight is 491 g/mol. The van der Waals surface area contributed by atoms with Gasteiger partial charge in [-0.15, -0.1) is 0 Å². The van der Waals surface area contributed by atoms with E-state index in [9.17, 15) is 0 Å². The number of methoxy groups -OCH3 is 2. The van der Waals surface area contributed by atoms with Gasteiger partial charge in [0, 0.05) is 19.8 Å². The maximum Gasteiger partial charge on any atom is 0.261 e. The highest BCUT2D eigenvalue weighted by Crippen LogP contribution is 2.41. The number of benzene rings is 3. The molecule has 0 bridgehead atoms. The standard InChI is InChI=1S/C31H42O3Si/c1-7-8-11-23-29(25-17-16-18-26(24-25)30(32-5)33-6)34-35(31(2,3)4,27-19-12-9-13-20-27)28-21-14-10-15-22-28/h9-10,12-22,24,29-30H,7-8,11,23H2,1-6H3. The first kappa shape index (κ1) is 27.3. The molecule has 1 atom stereocenters. The first-order chi connectivity index (χ1) is 16.9. The molecular weight excluding hydrogens is 448 g/mol. The van der Waals surface area contributed by atoms with Gasteiger partial charge >= 0.3 is 0 Å². The van der Waals surface area contributed by atoms with Crippen LogP contribution in [0.3, 0.4) is 0 Å². The molecule has 3 aromatic rings. The summed E-state index contributed by atoms with van der Waals surface area (Å²) in [6.45, 7) is 9.26. The summed E-state index contributed by atoms with van der Waals surface area (Å²) >= 11 is 0. The van der Waals surface area contributed by atoms with E-state index >= 15 is 0 Å². The SMILES string of the molecule is CCCCCC(O[Si](c1ccccc1)(c1ccccc1)C(C)(C)C)c1cccc(C(OC)OC)c1. The van der Waals surface area contributed by atoms with Crippen LogP contribution in [0, 0.1) is 0 Å². The first-order valence-electron chi connectivity index (χ1n) is 12.8. The van der Waals surface area contributed by atoms with Crippen molar-refractivity contribution < 1.29 is 13.9 Å². The van der Waals surface area contributed by atoms with Crippen molar-refractivity contribution in [2.75, 3.05) is 14.2 Å². The normalized spacial score (nSPS) is 13.2. The van der Waals surface area contributed by atoms with Crippen molar-refractivity contribution in [1.29, 1.82) is 0 Å². The highest BCUT2D eigenvalue weighted by molar-refractivity contribution is 6.99. The third-order valence-electron chi connectivity index (χ3n) is 6.79. The van der Waals surface area contributed by atoms with Crippen LogP contribution >= 0.6 is 0 Å². The Hall–Kier alpha value is -2.24. The van der Waals surface area contributed by atoms with Gasteiger partial charge in [0.05, 0.1) is 6.10 Å². The molecule has 3 aromatic carbocycles. The summed E-state index contributed by atoms with van der Waals surface area (Å²) in [5.74, 6) is 0. The third kappa shape index (κ3) is 6.31. The Morgan fingerprint density at radius 3 is 1.74 bits per heavy atom. The van der Waals surface area contributed by atoms with E-state index in [0.717, 1.165) is 18.4 Å². The van der Waals surface area contributed by atoms with E-state index in [2.05, 4.69) is 113 Å². The molecule has 0 heterocycles. The molecule has 3 rings (SSSR count). The van der Waals surface area contributed by atoms with E-state index in [4.69, 9.17) is 13.9 Å². The number of unbranched alkanes of at least 4 members (excludes halogenated alkanes) is 2. The number of hydrogen-bond acceptors (Lipinski definition) is 3. The van der Waals surface area contributed by atoms with Gasteiger partial charge in [-0.3, -0.25) is 0 Å². The lowest BCUT2D eigenvalue weighted by molar-refractivity contribution is -0.106. The summed E-state index contributed by atoms with van der Waals surface area (Å²) in [6.07, 6.45) is 4.07. The summed E-state index contributed by atoms with van der Waals surface area (Å²) in [4.78, 5) is 0. The summed E-state index contributed by atoms with van der Waals surface area (Å²) < 4.78 is 18.7. The minimum atomic E-state index is -2.68. The zero-order valence-electron chi connectivity index (χ0n) is 22.3. The largest absolute Gasteiger partial charge is 0.400 e. The van der Waals surface area contributed by atoms with Gasteiger partial charge in [0.1, 0.15) is 0 Å². The predicted octanol–water partition coefficient (Wildman–Crippen LogP) is 7.18. The molecule has 4 heteroatoms. The van der Waals surface area contributed by atoms with Crippen molar-refractivity contribution in [3.63, 3.8) is 0 Å². The molecule has 0 spiro atoms. The molecule has 1 unspecified atom stereocenters. The topological polar surface area (TPSA) is 27.7 Å². The van der Waals surface area contributed by atoms with Gasteiger partial charge in [0.2, 0.25) is 0 Å². The lowest BCUT2D eigenvalue weighted by Crippen LogP contribution is -2.66. The molecule has 3 nitrogen and oxygen atoms in total. The van der Waals surface area contributed by atoms with Gasteiger partial charge in [-0.2, -0.15) is 0 Å². The maximum atomic E-state index is 7.57. The molecule has 0 aliphatic heterocycles. The van der Waals surface area contributed by atoms with E-state index in [-0.39, 0.29) is 17.4 Å². The molecule has 188 valence electrons. The maximum absolute atomic E-state index is 7.57. The molecule has 0 saturated heterocycles. The highest BCUT2D eigenvalue weighted by Gasteiger charge is 2.51. The Kier molecular flexibility index (Phi) is 9.87. The Labute approximate surface area is 213 Å². The average Bonchev–Trinajstić information content (AvgIpc) is 2.87.